The van der Waals surface area contributed by atoms with Crippen LogP contribution in [0.15, 0.2) is 29.2 Å². The molecule has 8 heteroatoms. The smallest absolute Gasteiger partial charge is 0.338 e. The van der Waals surface area contributed by atoms with E-state index >= 15 is 0 Å². The summed E-state index contributed by atoms with van der Waals surface area (Å²) in [4.78, 5) is 28.4. The first-order valence-corrected chi connectivity index (χ1v) is 9.56. The van der Waals surface area contributed by atoms with Crippen LogP contribution in [0.1, 0.15) is 15.9 Å². The number of rotatable bonds is 5. The summed E-state index contributed by atoms with van der Waals surface area (Å²) in [5.41, 5.74) is 1.33. The van der Waals surface area contributed by atoms with Crippen molar-refractivity contribution in [1.82, 2.24) is 9.80 Å². The van der Waals surface area contributed by atoms with E-state index in [2.05, 4.69) is 4.90 Å². The van der Waals surface area contributed by atoms with Crippen molar-refractivity contribution in [2.75, 3.05) is 46.5 Å². The van der Waals surface area contributed by atoms with Gasteiger partial charge in [0.25, 0.3) is 5.91 Å². The van der Waals surface area contributed by atoms with Crippen molar-refractivity contribution in [2.24, 2.45) is 0 Å². The van der Waals surface area contributed by atoms with E-state index in [1.54, 1.807) is 37.4 Å². The Bertz CT molecular complexity index is 727. The van der Waals surface area contributed by atoms with Gasteiger partial charge in [-0.25, -0.2) is 4.79 Å². The fourth-order valence-corrected chi connectivity index (χ4v) is 3.77. The maximum absolute atomic E-state index is 12.1. The summed E-state index contributed by atoms with van der Waals surface area (Å²) >= 11 is 6.39. The van der Waals surface area contributed by atoms with Gasteiger partial charge in [0.1, 0.15) is 10.9 Å². The molecule has 1 aromatic carbocycles. The molecule has 2 heterocycles. The minimum absolute atomic E-state index is 0.105. The predicted octanol–water partition coefficient (Wildman–Crippen LogP) is 2.01. The monoisotopic (exact) mass is 392 g/mol. The van der Waals surface area contributed by atoms with Crippen molar-refractivity contribution in [3.05, 3.63) is 40.3 Å². The van der Waals surface area contributed by atoms with E-state index in [0.717, 1.165) is 31.9 Å². The van der Waals surface area contributed by atoms with Gasteiger partial charge in [0.05, 0.1) is 23.7 Å². The van der Waals surface area contributed by atoms with E-state index < -0.39 is 0 Å². The summed E-state index contributed by atoms with van der Waals surface area (Å²) in [5.74, 6) is -0.448. The van der Waals surface area contributed by atoms with Gasteiger partial charge in [-0.2, -0.15) is 0 Å². The molecule has 0 spiro atoms. The molecule has 0 aliphatic carbocycles. The van der Waals surface area contributed by atoms with Gasteiger partial charge in [0.2, 0.25) is 0 Å². The van der Waals surface area contributed by atoms with Crippen molar-refractivity contribution in [2.45, 2.75) is 0 Å². The summed E-state index contributed by atoms with van der Waals surface area (Å²) in [5, 5.41) is 0. The maximum atomic E-state index is 12.1. The van der Waals surface area contributed by atoms with Crippen molar-refractivity contribution < 1.29 is 19.1 Å². The molecule has 2 aliphatic rings. The summed E-state index contributed by atoms with van der Waals surface area (Å²) in [6, 6.07) is 6.99. The molecule has 2 fully saturated rings. The van der Waals surface area contributed by atoms with Gasteiger partial charge in [-0.05, 0) is 23.8 Å². The third kappa shape index (κ3) is 4.70. The molecule has 0 N–H and O–H groups in total. The quantitative estimate of drug-likeness (QED) is 0.432. The van der Waals surface area contributed by atoms with Crippen LogP contribution >= 0.6 is 24.0 Å². The van der Waals surface area contributed by atoms with Crippen molar-refractivity contribution >= 4 is 46.3 Å². The number of thioether (sulfide) groups is 1. The molecule has 26 heavy (non-hydrogen) atoms. The molecule has 0 aromatic heterocycles. The van der Waals surface area contributed by atoms with Gasteiger partial charge < -0.3 is 9.47 Å². The van der Waals surface area contributed by atoms with Crippen LogP contribution in [-0.2, 0) is 14.3 Å². The number of thiocarbonyl (C=S) groups is 1. The summed E-state index contributed by atoms with van der Waals surface area (Å²) in [7, 11) is 1.66. The first-order chi connectivity index (χ1) is 12.5. The minimum atomic E-state index is -0.343. The lowest BCUT2D eigenvalue weighted by molar-refractivity contribution is -0.121. The predicted molar refractivity (Wildman–Crippen MR) is 105 cm³/mol. The lowest BCUT2D eigenvalue weighted by Gasteiger charge is -2.26. The molecule has 1 amide bonds. The van der Waals surface area contributed by atoms with Gasteiger partial charge in [-0.1, -0.05) is 36.1 Å². The summed E-state index contributed by atoms with van der Waals surface area (Å²) in [6.07, 6.45) is 1.77. The Kier molecular flexibility index (Phi) is 6.42. The molecule has 0 unspecified atom stereocenters. The Labute approximate surface area is 162 Å². The maximum Gasteiger partial charge on any atom is 0.338 e. The zero-order valence-corrected chi connectivity index (χ0v) is 16.1. The van der Waals surface area contributed by atoms with E-state index in [1.807, 2.05) is 0 Å². The normalized spacial score (nSPS) is 20.0. The van der Waals surface area contributed by atoms with Gasteiger partial charge in [0.15, 0.2) is 0 Å². The molecule has 1 aromatic rings. The highest BCUT2D eigenvalue weighted by Crippen LogP contribution is 2.31. The van der Waals surface area contributed by atoms with Crippen LogP contribution in [0, 0.1) is 0 Å². The first kappa shape index (κ1) is 19.0. The van der Waals surface area contributed by atoms with Crippen molar-refractivity contribution in [1.29, 1.82) is 0 Å². The number of likely N-dealkylation sites (N-methyl/N-ethyl adjacent to an activating group) is 1. The Morgan fingerprint density at radius 2 is 2.00 bits per heavy atom. The second kappa shape index (κ2) is 8.77. The number of ether oxygens (including phenoxy) is 2. The molecule has 0 saturated carbocycles. The molecule has 138 valence electrons. The highest BCUT2D eigenvalue weighted by molar-refractivity contribution is 8.26. The Hall–Kier alpha value is -1.74. The third-order valence-electron chi connectivity index (χ3n) is 4.18. The highest BCUT2D eigenvalue weighted by atomic mass is 32.2. The number of hydrogen-bond acceptors (Lipinski definition) is 7. The van der Waals surface area contributed by atoms with Crippen LogP contribution in [0.4, 0.5) is 0 Å². The van der Waals surface area contributed by atoms with Crippen LogP contribution in [0.3, 0.4) is 0 Å². The van der Waals surface area contributed by atoms with E-state index in [1.165, 1.54) is 16.7 Å². The lowest BCUT2D eigenvalue weighted by atomic mass is 10.1. The van der Waals surface area contributed by atoms with Crippen molar-refractivity contribution in [3.8, 4) is 0 Å². The molecular weight excluding hydrogens is 372 g/mol. The topological polar surface area (TPSA) is 59.1 Å². The average Bonchev–Trinajstić information content (AvgIpc) is 2.90. The van der Waals surface area contributed by atoms with Crippen LogP contribution in [0.5, 0.6) is 0 Å². The van der Waals surface area contributed by atoms with Gasteiger partial charge in [0, 0.05) is 26.7 Å². The number of nitrogens with zero attached hydrogens (tertiary/aromatic N) is 2. The highest BCUT2D eigenvalue weighted by Gasteiger charge is 2.28. The van der Waals surface area contributed by atoms with Crippen molar-refractivity contribution in [3.63, 3.8) is 0 Å². The number of carbonyl (C=O) groups is 2. The number of hydrogen-bond donors (Lipinski definition) is 0. The molecule has 6 nitrogen and oxygen atoms in total. The molecule has 0 atom stereocenters. The van der Waals surface area contributed by atoms with E-state index in [-0.39, 0.29) is 11.9 Å². The van der Waals surface area contributed by atoms with Gasteiger partial charge in [-0.15, -0.1) is 0 Å². The van der Waals surface area contributed by atoms with Crippen LogP contribution in [0.2, 0.25) is 0 Å². The zero-order valence-electron chi connectivity index (χ0n) is 14.5. The van der Waals surface area contributed by atoms with Crippen LogP contribution in [0.25, 0.3) is 6.08 Å². The Balaban J connectivity index is 1.53. The van der Waals surface area contributed by atoms with E-state index in [9.17, 15) is 9.59 Å². The summed E-state index contributed by atoms with van der Waals surface area (Å²) < 4.78 is 11.2. The average molecular weight is 393 g/mol. The van der Waals surface area contributed by atoms with Crippen LogP contribution < -0.4 is 0 Å². The number of esters is 1. The molecule has 0 bridgehead atoms. The fourth-order valence-electron chi connectivity index (χ4n) is 2.59. The molecule has 2 aliphatic heterocycles. The number of benzene rings is 1. The minimum Gasteiger partial charge on any atom is -0.461 e. The standard InChI is InChI=1S/C18H20N2O4S2/c1-19-16(21)15(26-18(19)25)12-13-2-4-14(5-3-13)17(22)24-11-8-20-6-9-23-10-7-20/h2-5,12H,6-11H2,1H3/b15-12+. The number of amides is 1. The third-order valence-corrected chi connectivity index (χ3v) is 5.66. The first-order valence-electron chi connectivity index (χ1n) is 8.33. The number of carbonyl (C=O) groups excluding carboxylic acids is 2. The number of morpholine rings is 1. The second-order valence-corrected chi connectivity index (χ2v) is 7.63. The second-order valence-electron chi connectivity index (χ2n) is 5.95. The van der Waals surface area contributed by atoms with E-state index in [4.69, 9.17) is 21.7 Å². The van der Waals surface area contributed by atoms with E-state index in [0.29, 0.717) is 27.9 Å². The fraction of sp³-hybridized carbons (Fsp3) is 0.389. The summed E-state index contributed by atoms with van der Waals surface area (Å²) in [6.45, 7) is 4.27. The molecular formula is C18H20N2O4S2. The van der Waals surface area contributed by atoms with Crippen LogP contribution in [-0.4, -0.2) is 72.5 Å². The SMILES string of the molecule is CN1C(=O)/C(=C\c2ccc(C(=O)OCCN3CCOCC3)cc2)SC1=S. The Morgan fingerprint density at radius 1 is 1.31 bits per heavy atom. The molecule has 3 rings (SSSR count). The lowest BCUT2D eigenvalue weighted by Crippen LogP contribution is -2.38. The zero-order chi connectivity index (χ0) is 18.5. The van der Waals surface area contributed by atoms with Gasteiger partial charge in [-0.3, -0.25) is 14.6 Å². The molecule has 0 radical (unpaired) electrons. The molecule has 2 saturated heterocycles. The Morgan fingerprint density at radius 3 is 2.62 bits per heavy atom. The van der Waals surface area contributed by atoms with Gasteiger partial charge >= 0.3 is 5.97 Å². The largest absolute Gasteiger partial charge is 0.461 e.